The molecule has 0 aromatic carbocycles. The van der Waals surface area contributed by atoms with Crippen molar-refractivity contribution in [2.24, 2.45) is 0 Å². The summed E-state index contributed by atoms with van der Waals surface area (Å²) in [5.74, 6) is -1.50. The van der Waals surface area contributed by atoms with Crippen LogP contribution in [0.3, 0.4) is 0 Å². The van der Waals surface area contributed by atoms with E-state index in [4.69, 9.17) is 34.8 Å². The van der Waals surface area contributed by atoms with Gasteiger partial charge in [0.1, 0.15) is 0 Å². The van der Waals surface area contributed by atoms with Crippen molar-refractivity contribution >= 4 is 51.0 Å². The number of amides is 1. The van der Waals surface area contributed by atoms with Crippen molar-refractivity contribution in [2.45, 2.75) is 82.9 Å². The van der Waals surface area contributed by atoms with Crippen LogP contribution in [0.25, 0.3) is 0 Å². The van der Waals surface area contributed by atoms with E-state index in [1.807, 2.05) is 0 Å². The Morgan fingerprint density at radius 3 is 1.25 bits per heavy atom. The molecule has 0 aliphatic rings. The van der Waals surface area contributed by atoms with Gasteiger partial charge in [0.25, 0.3) is 9.70 Å². The van der Waals surface area contributed by atoms with E-state index in [0.29, 0.717) is 0 Å². The first-order chi connectivity index (χ1) is 12.9. The Balaban J connectivity index is 0. The summed E-state index contributed by atoms with van der Waals surface area (Å²) in [6, 6.07) is 0. The number of halogens is 3. The highest BCUT2D eigenvalue weighted by atomic mass is 35.6. The number of quaternary nitrogens is 1. The predicted octanol–water partition coefficient (Wildman–Crippen LogP) is 4.94. The van der Waals surface area contributed by atoms with Gasteiger partial charge in [0.2, 0.25) is 0 Å². The second kappa shape index (κ2) is 16.0. The predicted molar refractivity (Wildman–Crippen MR) is 117 cm³/mol. The first-order valence-electron chi connectivity index (χ1n) is 10.1. The van der Waals surface area contributed by atoms with Gasteiger partial charge in [-0.1, -0.05) is 88.2 Å². The smallest absolute Gasteiger partial charge is 0.284 e. The molecule has 6 nitrogen and oxygen atoms in total. The van der Waals surface area contributed by atoms with Gasteiger partial charge in [-0.05, 0) is 25.7 Å². The summed E-state index contributed by atoms with van der Waals surface area (Å²) in [5.41, 5.74) is 0. The van der Waals surface area contributed by atoms with Crippen LogP contribution in [-0.2, 0) is 15.1 Å². The molecule has 0 saturated carbocycles. The zero-order valence-electron chi connectivity index (χ0n) is 17.6. The van der Waals surface area contributed by atoms with Gasteiger partial charge < -0.3 is 9.04 Å². The third-order valence-electron chi connectivity index (χ3n) is 4.42. The second-order valence-electron chi connectivity index (χ2n) is 7.03. The van der Waals surface area contributed by atoms with Gasteiger partial charge in [-0.15, -0.1) is 0 Å². The Morgan fingerprint density at radius 2 is 1.11 bits per heavy atom. The van der Waals surface area contributed by atoms with E-state index in [0.717, 1.165) is 4.72 Å². The minimum atomic E-state index is -4.91. The summed E-state index contributed by atoms with van der Waals surface area (Å²) < 4.78 is 29.4. The molecule has 1 N–H and O–H groups in total. The number of hydrogen-bond donors (Lipinski definition) is 1. The summed E-state index contributed by atoms with van der Waals surface area (Å²) in [7, 11) is -4.91. The number of nitrogens with zero attached hydrogens (tertiary/aromatic N) is 1. The molecular formula is C18H37Cl3N2O4S. The number of nitrogens with one attached hydrogen (secondary N) is 1. The van der Waals surface area contributed by atoms with Gasteiger partial charge >= 0.3 is 0 Å². The molecule has 0 radical (unpaired) electrons. The Labute approximate surface area is 186 Å². The third kappa shape index (κ3) is 17.1. The number of alkyl halides is 3. The maximum atomic E-state index is 10.4. The summed E-state index contributed by atoms with van der Waals surface area (Å²) >= 11 is 14.7. The van der Waals surface area contributed by atoms with Gasteiger partial charge in [-0.3, -0.25) is 9.52 Å². The van der Waals surface area contributed by atoms with Crippen molar-refractivity contribution in [1.29, 1.82) is 0 Å². The lowest BCUT2D eigenvalue weighted by atomic mass is 10.1. The minimum Gasteiger partial charge on any atom is -0.731 e. The largest absolute Gasteiger partial charge is 0.731 e. The van der Waals surface area contributed by atoms with Gasteiger partial charge in [-0.25, -0.2) is 8.42 Å². The lowest BCUT2D eigenvalue weighted by Gasteiger charge is -2.39. The SMILES string of the molecule is CCCC[N+](CCCC)(CCCC)CCCC.O=[13C]([15NH]S(=O)(=O)[O-])[13C](Cl)(Cl)Cl. The molecular weight excluding hydrogens is 450 g/mol. The van der Waals surface area contributed by atoms with Crippen LogP contribution in [0.15, 0.2) is 0 Å². The number of hydrogen-bond acceptors (Lipinski definition) is 4. The minimum absolute atomic E-state index is 0.941. The van der Waals surface area contributed by atoms with Crippen LogP contribution in [0.4, 0.5) is 0 Å². The average Bonchev–Trinajstić information content (AvgIpc) is 2.59. The quantitative estimate of drug-likeness (QED) is 0.131. The first-order valence-corrected chi connectivity index (χ1v) is 12.6. The molecule has 0 atom stereocenters. The molecule has 0 aliphatic carbocycles. The fraction of sp³-hybridized carbons (Fsp3) is 0.944. The fourth-order valence-electron chi connectivity index (χ4n) is 2.82. The Kier molecular flexibility index (Phi) is 17.3. The van der Waals surface area contributed by atoms with Gasteiger partial charge in [-0.2, -0.15) is 0 Å². The molecule has 0 fully saturated rings. The Morgan fingerprint density at radius 1 is 0.821 bits per heavy atom. The monoisotopic (exact) mass is 485 g/mol. The Bertz CT molecular complexity index is 474. The fourth-order valence-corrected chi connectivity index (χ4v) is 3.51. The average molecular weight is 487 g/mol. The van der Waals surface area contributed by atoms with Gasteiger partial charge in [0.05, 0.1) is 26.2 Å². The van der Waals surface area contributed by atoms with Crippen LogP contribution in [0.5, 0.6) is 0 Å². The number of unbranched alkanes of at least 4 members (excludes halogenated alkanes) is 4. The van der Waals surface area contributed by atoms with E-state index >= 15 is 0 Å². The lowest BCUT2D eigenvalue weighted by molar-refractivity contribution is -0.929. The Hall–Kier alpha value is 0.210. The van der Waals surface area contributed by atoms with E-state index in [1.165, 1.54) is 82.0 Å². The molecule has 0 saturated heterocycles. The molecule has 170 valence electrons. The standard InChI is InChI=1S/C16H36N.C2H2Cl3NO4S/c1-5-9-13-17(14-10-6-2,15-11-7-3)16-12-8-4;3-2(4,5)1(7)6-11(8,9)10/h5-16H2,1-4H3;(H,6,7)(H,8,9,10)/q+1;/p-1/i;1+1,2+1,6+1. The van der Waals surface area contributed by atoms with Crippen molar-refractivity contribution in [2.75, 3.05) is 26.2 Å². The summed E-state index contributed by atoms with van der Waals surface area (Å²) in [5, 5.41) is 0. The molecule has 0 heterocycles. The number of carbonyl (C=O) groups is 1. The van der Waals surface area contributed by atoms with Crippen LogP contribution in [0.1, 0.15) is 79.1 Å². The van der Waals surface area contributed by atoms with Crippen molar-refractivity contribution in [3.63, 3.8) is 0 Å². The molecule has 0 aliphatic heterocycles. The molecule has 0 aromatic rings. The molecule has 0 aromatic heterocycles. The zero-order chi connectivity index (χ0) is 22.3. The van der Waals surface area contributed by atoms with Crippen molar-refractivity contribution in [3.8, 4) is 0 Å². The zero-order valence-corrected chi connectivity index (χ0v) is 20.7. The maximum absolute atomic E-state index is 10.4. The highest BCUT2D eigenvalue weighted by molar-refractivity contribution is 7.84. The van der Waals surface area contributed by atoms with E-state index in [2.05, 4.69) is 27.7 Å². The van der Waals surface area contributed by atoms with Crippen LogP contribution < -0.4 is 4.72 Å². The first kappa shape index (κ1) is 30.4. The van der Waals surface area contributed by atoms with Crippen LogP contribution in [0, 0.1) is 0 Å². The van der Waals surface area contributed by atoms with Crippen molar-refractivity contribution in [3.05, 3.63) is 0 Å². The van der Waals surface area contributed by atoms with Crippen molar-refractivity contribution < 1.29 is 22.2 Å². The van der Waals surface area contributed by atoms with Crippen LogP contribution >= 0.6 is 34.8 Å². The van der Waals surface area contributed by atoms with E-state index in [-0.39, 0.29) is 0 Å². The van der Waals surface area contributed by atoms with E-state index in [9.17, 15) is 17.8 Å². The number of rotatable bonds is 13. The van der Waals surface area contributed by atoms with Gasteiger partial charge in [0.15, 0.2) is 10.3 Å². The molecule has 28 heavy (non-hydrogen) atoms. The van der Waals surface area contributed by atoms with Crippen molar-refractivity contribution in [1.82, 2.24) is 4.72 Å². The normalized spacial score (nSPS) is 12.3. The maximum Gasteiger partial charge on any atom is 0.284 e. The molecule has 0 rings (SSSR count). The van der Waals surface area contributed by atoms with Crippen LogP contribution in [0.2, 0.25) is 0 Å². The second-order valence-corrected chi connectivity index (χ2v) is 10.4. The van der Waals surface area contributed by atoms with E-state index < -0.39 is 20.0 Å². The molecule has 0 spiro atoms. The molecule has 1 amide bonds. The van der Waals surface area contributed by atoms with Crippen LogP contribution in [-0.4, -0.2) is 53.3 Å². The highest BCUT2D eigenvalue weighted by Gasteiger charge is 2.31. The lowest BCUT2D eigenvalue weighted by Crippen LogP contribution is -2.50. The van der Waals surface area contributed by atoms with E-state index in [1.54, 1.807) is 0 Å². The molecule has 0 bridgehead atoms. The topological polar surface area (TPSA) is 86.3 Å². The summed E-state index contributed by atoms with van der Waals surface area (Å²) in [6.45, 7) is 15.0. The van der Waals surface area contributed by atoms with Gasteiger partial charge in [0, 0.05) is 0 Å². The molecule has 10 heteroatoms. The number of carbonyl (C=O) groups excluding carboxylic acids is 1. The third-order valence-corrected chi connectivity index (χ3v) is 5.37. The highest BCUT2D eigenvalue weighted by Crippen LogP contribution is 2.25. The molecule has 0 unspecified atom stereocenters. The summed E-state index contributed by atoms with van der Waals surface area (Å²) in [6.07, 6.45) is 11.1. The summed E-state index contributed by atoms with van der Waals surface area (Å²) in [4.78, 5) is 10.4.